The Morgan fingerprint density at radius 1 is 1.16 bits per heavy atom. The van der Waals surface area contributed by atoms with Crippen LogP contribution in [0.4, 0.5) is 4.39 Å². The molecule has 0 fully saturated rings. The molecule has 130 valence electrons. The second-order valence-electron chi connectivity index (χ2n) is 5.82. The highest BCUT2D eigenvalue weighted by atomic mass is 32.2. The van der Waals surface area contributed by atoms with E-state index < -0.39 is 21.9 Å². The Bertz CT molecular complexity index is 982. The highest BCUT2D eigenvalue weighted by Gasteiger charge is 2.26. The molecule has 2 aromatic carbocycles. The SMILES string of the molecule is Cc1ccc(S(=O)(=O)NC(c2cccc(F)c2)c2nccn2C)cc1. The van der Waals surface area contributed by atoms with Crippen molar-refractivity contribution in [2.24, 2.45) is 7.05 Å². The van der Waals surface area contributed by atoms with Crippen LogP contribution >= 0.6 is 0 Å². The highest BCUT2D eigenvalue weighted by Crippen LogP contribution is 2.24. The van der Waals surface area contributed by atoms with E-state index in [0.29, 0.717) is 11.4 Å². The van der Waals surface area contributed by atoms with Crippen LogP contribution in [-0.4, -0.2) is 18.0 Å². The summed E-state index contributed by atoms with van der Waals surface area (Å²) in [4.78, 5) is 4.37. The zero-order chi connectivity index (χ0) is 18.0. The van der Waals surface area contributed by atoms with Gasteiger partial charge < -0.3 is 4.57 Å². The minimum atomic E-state index is -3.81. The van der Waals surface area contributed by atoms with Crippen molar-refractivity contribution >= 4 is 10.0 Å². The molecule has 0 aliphatic rings. The second kappa shape index (κ2) is 6.78. The van der Waals surface area contributed by atoms with Gasteiger partial charge in [-0.2, -0.15) is 4.72 Å². The van der Waals surface area contributed by atoms with E-state index in [1.54, 1.807) is 60.4 Å². The fourth-order valence-corrected chi connectivity index (χ4v) is 3.73. The van der Waals surface area contributed by atoms with Gasteiger partial charge in [0.15, 0.2) is 0 Å². The summed E-state index contributed by atoms with van der Waals surface area (Å²) in [6.07, 6.45) is 3.28. The summed E-state index contributed by atoms with van der Waals surface area (Å²) in [5, 5.41) is 0. The number of aromatic nitrogens is 2. The van der Waals surface area contributed by atoms with Gasteiger partial charge in [-0.1, -0.05) is 29.8 Å². The highest BCUT2D eigenvalue weighted by molar-refractivity contribution is 7.89. The zero-order valence-corrected chi connectivity index (χ0v) is 14.7. The average molecular weight is 359 g/mol. The number of nitrogens with zero attached hydrogens (tertiary/aromatic N) is 2. The number of aryl methyl sites for hydroxylation is 2. The third-order valence-corrected chi connectivity index (χ3v) is 5.34. The number of sulfonamides is 1. The normalized spacial score (nSPS) is 12.9. The molecule has 1 aromatic heterocycles. The lowest BCUT2D eigenvalue weighted by molar-refractivity contribution is 0.560. The number of rotatable bonds is 5. The molecule has 0 amide bonds. The van der Waals surface area contributed by atoms with Gasteiger partial charge in [-0.05, 0) is 36.8 Å². The second-order valence-corrected chi connectivity index (χ2v) is 7.53. The molecule has 3 rings (SSSR count). The van der Waals surface area contributed by atoms with Gasteiger partial charge in [0.1, 0.15) is 17.7 Å². The molecule has 0 saturated heterocycles. The van der Waals surface area contributed by atoms with Gasteiger partial charge in [0, 0.05) is 19.4 Å². The molecule has 1 N–H and O–H groups in total. The average Bonchev–Trinajstić information content (AvgIpc) is 2.99. The maximum absolute atomic E-state index is 13.7. The minimum absolute atomic E-state index is 0.147. The summed E-state index contributed by atoms with van der Waals surface area (Å²) >= 11 is 0. The minimum Gasteiger partial charge on any atom is -0.336 e. The van der Waals surface area contributed by atoms with Crippen LogP contribution in [0, 0.1) is 12.7 Å². The molecule has 0 spiro atoms. The Labute approximate surface area is 146 Å². The Morgan fingerprint density at radius 3 is 2.48 bits per heavy atom. The van der Waals surface area contributed by atoms with Crippen molar-refractivity contribution in [2.45, 2.75) is 17.9 Å². The van der Waals surface area contributed by atoms with Crippen molar-refractivity contribution in [3.63, 3.8) is 0 Å². The maximum Gasteiger partial charge on any atom is 0.241 e. The number of nitrogens with one attached hydrogen (secondary N) is 1. The van der Waals surface area contributed by atoms with Gasteiger partial charge in [-0.15, -0.1) is 0 Å². The van der Waals surface area contributed by atoms with E-state index in [4.69, 9.17) is 0 Å². The van der Waals surface area contributed by atoms with E-state index in [1.165, 1.54) is 12.1 Å². The smallest absolute Gasteiger partial charge is 0.241 e. The van der Waals surface area contributed by atoms with Gasteiger partial charge in [-0.3, -0.25) is 0 Å². The van der Waals surface area contributed by atoms with E-state index in [9.17, 15) is 12.8 Å². The molecular weight excluding hydrogens is 341 g/mol. The maximum atomic E-state index is 13.7. The van der Waals surface area contributed by atoms with Crippen LogP contribution in [0.15, 0.2) is 65.8 Å². The van der Waals surface area contributed by atoms with Crippen molar-refractivity contribution in [1.29, 1.82) is 0 Å². The van der Waals surface area contributed by atoms with Crippen LogP contribution in [0.1, 0.15) is 23.0 Å². The Morgan fingerprint density at radius 2 is 1.88 bits per heavy atom. The molecule has 0 aliphatic heterocycles. The number of hydrogen-bond acceptors (Lipinski definition) is 3. The quantitative estimate of drug-likeness (QED) is 0.762. The van der Waals surface area contributed by atoms with Crippen molar-refractivity contribution in [1.82, 2.24) is 14.3 Å². The number of benzene rings is 2. The monoisotopic (exact) mass is 359 g/mol. The zero-order valence-electron chi connectivity index (χ0n) is 13.8. The van der Waals surface area contributed by atoms with Crippen molar-refractivity contribution in [3.05, 3.63) is 83.7 Å². The first kappa shape index (κ1) is 17.3. The first-order chi connectivity index (χ1) is 11.9. The van der Waals surface area contributed by atoms with Crippen LogP contribution in [0.3, 0.4) is 0 Å². The van der Waals surface area contributed by atoms with Gasteiger partial charge in [0.05, 0.1) is 4.90 Å². The Hall–Kier alpha value is -2.51. The molecule has 1 atom stereocenters. The third kappa shape index (κ3) is 3.78. The summed E-state index contributed by atoms with van der Waals surface area (Å²) in [5.74, 6) is 0.0347. The fourth-order valence-electron chi connectivity index (χ4n) is 2.55. The Balaban J connectivity index is 2.03. The summed E-state index contributed by atoms with van der Waals surface area (Å²) < 4.78 is 43.6. The van der Waals surface area contributed by atoms with Crippen LogP contribution in [0.5, 0.6) is 0 Å². The fraction of sp³-hybridized carbons (Fsp3) is 0.167. The van der Waals surface area contributed by atoms with Crippen LogP contribution in [-0.2, 0) is 17.1 Å². The van der Waals surface area contributed by atoms with Crippen molar-refractivity contribution in [2.75, 3.05) is 0 Å². The van der Waals surface area contributed by atoms with E-state index in [1.807, 2.05) is 6.92 Å². The van der Waals surface area contributed by atoms with Gasteiger partial charge >= 0.3 is 0 Å². The molecule has 5 nitrogen and oxygen atoms in total. The molecule has 3 aromatic rings. The third-order valence-electron chi connectivity index (χ3n) is 3.90. The molecule has 0 bridgehead atoms. The molecule has 0 aliphatic carbocycles. The predicted octanol–water partition coefficient (Wildman–Crippen LogP) is 2.94. The van der Waals surface area contributed by atoms with Crippen LogP contribution in [0.25, 0.3) is 0 Å². The molecule has 1 unspecified atom stereocenters. The molecule has 0 radical (unpaired) electrons. The lowest BCUT2D eigenvalue weighted by Crippen LogP contribution is -2.31. The number of hydrogen-bond donors (Lipinski definition) is 1. The summed E-state index contributed by atoms with van der Waals surface area (Å²) in [5.41, 5.74) is 1.44. The molecule has 7 heteroatoms. The van der Waals surface area contributed by atoms with Crippen LogP contribution < -0.4 is 4.72 Å². The Kier molecular flexibility index (Phi) is 4.69. The lowest BCUT2D eigenvalue weighted by atomic mass is 10.1. The molecular formula is C18H18FN3O2S. The first-order valence-corrected chi connectivity index (χ1v) is 9.17. The summed E-state index contributed by atoms with van der Waals surface area (Å²) in [6, 6.07) is 11.6. The van der Waals surface area contributed by atoms with E-state index >= 15 is 0 Å². The predicted molar refractivity (Wildman–Crippen MR) is 93.0 cm³/mol. The summed E-state index contributed by atoms with van der Waals surface area (Å²) in [7, 11) is -2.05. The van der Waals surface area contributed by atoms with Crippen LogP contribution in [0.2, 0.25) is 0 Å². The van der Waals surface area contributed by atoms with Gasteiger partial charge in [0.25, 0.3) is 0 Å². The number of halogens is 1. The molecule has 25 heavy (non-hydrogen) atoms. The van der Waals surface area contributed by atoms with Gasteiger partial charge in [-0.25, -0.2) is 17.8 Å². The lowest BCUT2D eigenvalue weighted by Gasteiger charge is -2.19. The topological polar surface area (TPSA) is 64.0 Å². The molecule has 1 heterocycles. The van der Waals surface area contributed by atoms with E-state index in [0.717, 1.165) is 5.56 Å². The summed E-state index contributed by atoms with van der Waals surface area (Å²) in [6.45, 7) is 1.88. The largest absolute Gasteiger partial charge is 0.336 e. The standard InChI is InChI=1S/C18H18FN3O2S/c1-13-6-8-16(9-7-13)25(23,24)21-17(18-20-10-11-22(18)2)14-4-3-5-15(19)12-14/h3-12,17,21H,1-2H3. The van der Waals surface area contributed by atoms with Crippen molar-refractivity contribution < 1.29 is 12.8 Å². The van der Waals surface area contributed by atoms with E-state index in [-0.39, 0.29) is 4.90 Å². The van der Waals surface area contributed by atoms with Gasteiger partial charge in [0.2, 0.25) is 10.0 Å². The molecule has 0 saturated carbocycles. The van der Waals surface area contributed by atoms with Crippen molar-refractivity contribution in [3.8, 4) is 0 Å². The van der Waals surface area contributed by atoms with E-state index in [2.05, 4.69) is 9.71 Å². The first-order valence-electron chi connectivity index (χ1n) is 7.68. The number of imidazole rings is 1.